The average molecular weight is 281 g/mol. The van der Waals surface area contributed by atoms with Gasteiger partial charge >= 0.3 is 6.18 Å². The van der Waals surface area contributed by atoms with E-state index >= 15 is 0 Å². The average Bonchev–Trinajstić information content (AvgIpc) is 2.39. The summed E-state index contributed by atoms with van der Waals surface area (Å²) in [6.07, 6.45) is -4.40. The molecule has 0 amide bonds. The largest absolute Gasteiger partial charge is 0.508 e. The molecule has 0 aromatic heterocycles. The summed E-state index contributed by atoms with van der Waals surface area (Å²) >= 11 is 0. The van der Waals surface area contributed by atoms with Gasteiger partial charge in [0.1, 0.15) is 5.75 Å². The molecule has 0 saturated carbocycles. The number of rotatable bonds is 3. The van der Waals surface area contributed by atoms with Crippen LogP contribution < -0.4 is 5.32 Å². The van der Waals surface area contributed by atoms with Crippen molar-refractivity contribution in [2.24, 2.45) is 0 Å². The molecule has 2 aromatic carbocycles. The molecular formula is C15H14F3NO. The van der Waals surface area contributed by atoms with E-state index in [0.717, 1.165) is 11.6 Å². The highest BCUT2D eigenvalue weighted by Crippen LogP contribution is 2.35. The molecule has 0 heterocycles. The van der Waals surface area contributed by atoms with Crippen LogP contribution in [0.3, 0.4) is 0 Å². The Labute approximate surface area is 114 Å². The normalized spacial score (nSPS) is 11.4. The first-order valence-corrected chi connectivity index (χ1v) is 6.06. The number of para-hydroxylation sites is 1. The van der Waals surface area contributed by atoms with Gasteiger partial charge in [0, 0.05) is 17.8 Å². The Morgan fingerprint density at radius 1 is 1.10 bits per heavy atom. The lowest BCUT2D eigenvalue weighted by Crippen LogP contribution is -2.10. The molecule has 0 spiro atoms. The van der Waals surface area contributed by atoms with E-state index in [4.69, 9.17) is 0 Å². The number of aryl methyl sites for hydroxylation is 1. The number of phenols is 1. The fourth-order valence-electron chi connectivity index (χ4n) is 1.93. The quantitative estimate of drug-likeness (QED) is 0.877. The smallest absolute Gasteiger partial charge is 0.418 e. The SMILES string of the molecule is Cc1ccc(O)c(CNc2ccccc2C(F)(F)F)c1. The Hall–Kier alpha value is -2.17. The van der Waals surface area contributed by atoms with Gasteiger partial charge in [-0.05, 0) is 25.1 Å². The first-order valence-electron chi connectivity index (χ1n) is 6.06. The summed E-state index contributed by atoms with van der Waals surface area (Å²) < 4.78 is 38.5. The second kappa shape index (κ2) is 5.45. The fourth-order valence-corrected chi connectivity index (χ4v) is 1.93. The Morgan fingerprint density at radius 3 is 2.50 bits per heavy atom. The third kappa shape index (κ3) is 3.23. The Bertz CT molecular complexity index is 608. The minimum atomic E-state index is -4.40. The van der Waals surface area contributed by atoms with Crippen molar-refractivity contribution in [3.63, 3.8) is 0 Å². The van der Waals surface area contributed by atoms with Crippen molar-refractivity contribution < 1.29 is 18.3 Å². The van der Waals surface area contributed by atoms with Crippen LogP contribution in [0.4, 0.5) is 18.9 Å². The molecule has 0 aliphatic rings. The van der Waals surface area contributed by atoms with E-state index in [9.17, 15) is 18.3 Å². The molecule has 0 saturated heterocycles. The molecule has 0 unspecified atom stereocenters. The summed E-state index contributed by atoms with van der Waals surface area (Å²) in [7, 11) is 0. The molecule has 2 N–H and O–H groups in total. The first-order chi connectivity index (χ1) is 9.38. The van der Waals surface area contributed by atoms with Gasteiger partial charge in [-0.15, -0.1) is 0 Å². The first kappa shape index (κ1) is 14.2. The van der Waals surface area contributed by atoms with Gasteiger partial charge in [-0.1, -0.05) is 29.8 Å². The van der Waals surface area contributed by atoms with Gasteiger partial charge in [-0.3, -0.25) is 0 Å². The maximum absolute atomic E-state index is 12.8. The molecule has 0 aliphatic heterocycles. The molecule has 0 radical (unpaired) electrons. The molecule has 2 rings (SSSR count). The number of hydrogen-bond donors (Lipinski definition) is 2. The second-order valence-corrected chi connectivity index (χ2v) is 4.53. The monoisotopic (exact) mass is 281 g/mol. The summed E-state index contributed by atoms with van der Waals surface area (Å²) in [5, 5.41) is 12.4. The number of nitrogens with one attached hydrogen (secondary N) is 1. The molecule has 0 aliphatic carbocycles. The fraction of sp³-hybridized carbons (Fsp3) is 0.200. The van der Waals surface area contributed by atoms with E-state index in [1.807, 2.05) is 6.92 Å². The summed E-state index contributed by atoms with van der Waals surface area (Å²) in [6, 6.07) is 10.3. The lowest BCUT2D eigenvalue weighted by Gasteiger charge is -2.15. The van der Waals surface area contributed by atoms with Crippen molar-refractivity contribution >= 4 is 5.69 Å². The lowest BCUT2D eigenvalue weighted by molar-refractivity contribution is -0.136. The van der Waals surface area contributed by atoms with Crippen molar-refractivity contribution in [3.8, 4) is 5.75 Å². The van der Waals surface area contributed by atoms with Gasteiger partial charge in [-0.2, -0.15) is 13.2 Å². The second-order valence-electron chi connectivity index (χ2n) is 4.53. The van der Waals surface area contributed by atoms with E-state index < -0.39 is 11.7 Å². The van der Waals surface area contributed by atoms with Crippen molar-refractivity contribution in [3.05, 3.63) is 59.2 Å². The Morgan fingerprint density at radius 2 is 1.80 bits per heavy atom. The molecule has 2 aromatic rings. The van der Waals surface area contributed by atoms with Gasteiger partial charge in [-0.25, -0.2) is 0 Å². The maximum atomic E-state index is 12.8. The zero-order valence-electron chi connectivity index (χ0n) is 10.8. The number of hydrogen-bond acceptors (Lipinski definition) is 2. The highest BCUT2D eigenvalue weighted by molar-refractivity contribution is 5.53. The van der Waals surface area contributed by atoms with Crippen molar-refractivity contribution in [2.45, 2.75) is 19.6 Å². The zero-order valence-corrected chi connectivity index (χ0v) is 10.8. The minimum absolute atomic E-state index is 0.000839. The molecule has 0 fully saturated rings. The van der Waals surface area contributed by atoms with E-state index in [-0.39, 0.29) is 18.0 Å². The van der Waals surface area contributed by atoms with E-state index in [0.29, 0.717) is 5.56 Å². The highest BCUT2D eigenvalue weighted by atomic mass is 19.4. The van der Waals surface area contributed by atoms with Crippen LogP contribution >= 0.6 is 0 Å². The van der Waals surface area contributed by atoms with Crippen LogP contribution in [0.15, 0.2) is 42.5 Å². The number of phenolic OH excluding ortho intramolecular Hbond substituents is 1. The number of benzene rings is 2. The third-order valence-electron chi connectivity index (χ3n) is 2.94. The van der Waals surface area contributed by atoms with Crippen LogP contribution in [-0.4, -0.2) is 5.11 Å². The van der Waals surface area contributed by atoms with Crippen molar-refractivity contribution in [1.82, 2.24) is 0 Å². The van der Waals surface area contributed by atoms with Crippen LogP contribution in [0.5, 0.6) is 5.75 Å². The zero-order chi connectivity index (χ0) is 14.8. The number of aromatic hydroxyl groups is 1. The molecular weight excluding hydrogens is 267 g/mol. The molecule has 106 valence electrons. The lowest BCUT2D eigenvalue weighted by atomic mass is 10.1. The number of anilines is 1. The Kier molecular flexibility index (Phi) is 3.88. The minimum Gasteiger partial charge on any atom is -0.508 e. The number of halogens is 3. The molecule has 20 heavy (non-hydrogen) atoms. The molecule has 0 bridgehead atoms. The van der Waals surface area contributed by atoms with E-state index in [1.54, 1.807) is 12.1 Å². The van der Waals surface area contributed by atoms with Gasteiger partial charge in [0.2, 0.25) is 0 Å². The van der Waals surface area contributed by atoms with Crippen molar-refractivity contribution in [2.75, 3.05) is 5.32 Å². The van der Waals surface area contributed by atoms with Crippen LogP contribution in [0.2, 0.25) is 0 Å². The predicted octanol–water partition coefficient (Wildman–Crippen LogP) is 4.33. The molecule has 5 heteroatoms. The van der Waals surface area contributed by atoms with Crippen LogP contribution in [0.1, 0.15) is 16.7 Å². The predicted molar refractivity (Wildman–Crippen MR) is 71.6 cm³/mol. The van der Waals surface area contributed by atoms with Gasteiger partial charge in [0.15, 0.2) is 0 Å². The van der Waals surface area contributed by atoms with Crippen molar-refractivity contribution in [1.29, 1.82) is 0 Å². The maximum Gasteiger partial charge on any atom is 0.418 e. The summed E-state index contributed by atoms with van der Waals surface area (Å²) in [6.45, 7) is 1.98. The van der Waals surface area contributed by atoms with Gasteiger partial charge in [0.05, 0.1) is 5.56 Å². The topological polar surface area (TPSA) is 32.3 Å². The van der Waals surface area contributed by atoms with E-state index in [2.05, 4.69) is 5.32 Å². The summed E-state index contributed by atoms with van der Waals surface area (Å²) in [4.78, 5) is 0. The number of alkyl halides is 3. The standard InChI is InChI=1S/C15H14F3NO/c1-10-6-7-14(20)11(8-10)9-19-13-5-3-2-4-12(13)15(16,17)18/h2-8,19-20H,9H2,1H3. The van der Waals surface area contributed by atoms with Crippen LogP contribution in [0, 0.1) is 6.92 Å². The van der Waals surface area contributed by atoms with Gasteiger partial charge in [0.25, 0.3) is 0 Å². The summed E-state index contributed by atoms with van der Waals surface area (Å²) in [5.74, 6) is 0.0626. The summed E-state index contributed by atoms with van der Waals surface area (Å²) in [5.41, 5.74) is 0.777. The van der Waals surface area contributed by atoms with Crippen LogP contribution in [-0.2, 0) is 12.7 Å². The van der Waals surface area contributed by atoms with E-state index in [1.165, 1.54) is 24.3 Å². The Balaban J connectivity index is 2.21. The highest BCUT2D eigenvalue weighted by Gasteiger charge is 2.33. The molecule has 0 atom stereocenters. The van der Waals surface area contributed by atoms with Gasteiger partial charge < -0.3 is 10.4 Å². The van der Waals surface area contributed by atoms with Crippen LogP contribution in [0.25, 0.3) is 0 Å². The third-order valence-corrected chi connectivity index (χ3v) is 2.94. The molecule has 2 nitrogen and oxygen atoms in total.